The van der Waals surface area contributed by atoms with Crippen LogP contribution in [-0.2, 0) is 9.63 Å². The second-order valence-corrected chi connectivity index (χ2v) is 12.4. The molecule has 3 heterocycles. The van der Waals surface area contributed by atoms with E-state index in [0.29, 0.717) is 23.6 Å². The molecule has 0 amide bonds. The van der Waals surface area contributed by atoms with Gasteiger partial charge in [0.1, 0.15) is 6.10 Å². The van der Waals surface area contributed by atoms with E-state index in [1.54, 1.807) is 13.8 Å². The van der Waals surface area contributed by atoms with Crippen molar-refractivity contribution in [1.29, 1.82) is 0 Å². The summed E-state index contributed by atoms with van der Waals surface area (Å²) in [6.45, 7) is 3.53. The van der Waals surface area contributed by atoms with Crippen LogP contribution in [0.3, 0.4) is 0 Å². The van der Waals surface area contributed by atoms with Gasteiger partial charge in [-0.1, -0.05) is 43.0 Å². The molecule has 4 fully saturated rings. The molecule has 8 heteroatoms. The van der Waals surface area contributed by atoms with Crippen LogP contribution in [0.2, 0.25) is 0 Å². The summed E-state index contributed by atoms with van der Waals surface area (Å²) < 4.78 is 1.83. The number of aliphatic carboxylic acids is 1. The molecular weight excluding hydrogens is 480 g/mol. The lowest BCUT2D eigenvalue weighted by atomic mass is 9.76. The van der Waals surface area contributed by atoms with Crippen molar-refractivity contribution in [2.24, 2.45) is 17.0 Å². The normalized spacial score (nSPS) is 31.9. The van der Waals surface area contributed by atoms with E-state index in [1.807, 2.05) is 28.8 Å². The third kappa shape index (κ3) is 4.76. The maximum Gasteiger partial charge on any atom is 0.360 e. The van der Waals surface area contributed by atoms with Crippen LogP contribution < -0.4 is 5.56 Å². The SMILES string of the molecule is CC(C)ON=C(C(=O)O)c1nc2ccccc2n(C2C[C@H]3CC[C@H](C2)N3C2CC3CCCC[C@@H](C3)C2)c1=O. The third-order valence-electron chi connectivity index (χ3n) is 9.48. The summed E-state index contributed by atoms with van der Waals surface area (Å²) in [5.74, 6) is 0.453. The van der Waals surface area contributed by atoms with Crippen LogP contribution in [0.15, 0.2) is 34.2 Å². The molecule has 2 unspecified atom stereocenters. The summed E-state index contributed by atoms with van der Waals surface area (Å²) >= 11 is 0. The van der Waals surface area contributed by atoms with Gasteiger partial charge in [0, 0.05) is 24.2 Å². The fourth-order valence-electron chi connectivity index (χ4n) is 8.11. The van der Waals surface area contributed by atoms with E-state index in [9.17, 15) is 14.7 Å². The molecule has 4 aliphatic rings. The van der Waals surface area contributed by atoms with Crippen LogP contribution in [0.25, 0.3) is 11.0 Å². The standard InChI is InChI=1S/C30H40N4O4/c1-18(2)38-32-28(30(36)37)27-29(35)34(26-10-6-5-9-25(26)31-27)24-16-21-11-12-22(17-24)33(21)23-14-19-7-3-4-8-20(13-19)15-23/h5-6,9-10,18-24H,3-4,7-8,11-17H2,1-2H3,(H,36,37)/t19-,20?,21+,22+,23?/m0/s1. The Kier molecular flexibility index (Phi) is 7.01. The minimum Gasteiger partial charge on any atom is -0.476 e. The number of hydrogen-bond acceptors (Lipinski definition) is 6. The van der Waals surface area contributed by atoms with Gasteiger partial charge in [0.05, 0.1) is 11.0 Å². The summed E-state index contributed by atoms with van der Waals surface area (Å²) in [5.41, 5.74) is 0.388. The van der Waals surface area contributed by atoms with Gasteiger partial charge < -0.3 is 14.5 Å². The number of aromatic nitrogens is 2. The van der Waals surface area contributed by atoms with Crippen LogP contribution in [0.4, 0.5) is 0 Å². The van der Waals surface area contributed by atoms with Crippen molar-refractivity contribution < 1.29 is 14.7 Å². The molecule has 1 N–H and O–H groups in total. The molecule has 8 nitrogen and oxygen atoms in total. The summed E-state index contributed by atoms with van der Waals surface area (Å²) in [6.07, 6.45) is 13.6. The molecule has 5 atom stereocenters. The van der Waals surface area contributed by atoms with E-state index in [-0.39, 0.29) is 17.8 Å². The lowest BCUT2D eigenvalue weighted by Crippen LogP contribution is -2.52. The number of hydrogen-bond donors (Lipinski definition) is 1. The number of rotatable bonds is 6. The Morgan fingerprint density at radius 2 is 1.61 bits per heavy atom. The first kappa shape index (κ1) is 25.5. The van der Waals surface area contributed by atoms with Gasteiger partial charge in [0.2, 0.25) is 5.71 Å². The molecule has 38 heavy (non-hydrogen) atoms. The molecule has 2 saturated heterocycles. The van der Waals surface area contributed by atoms with E-state index < -0.39 is 17.2 Å². The molecule has 1 aromatic heterocycles. The van der Waals surface area contributed by atoms with Crippen molar-refractivity contribution in [3.05, 3.63) is 40.3 Å². The quantitative estimate of drug-likeness (QED) is 0.419. The fourth-order valence-corrected chi connectivity index (χ4v) is 8.11. The number of carbonyl (C=O) groups is 1. The minimum absolute atomic E-state index is 0.00910. The van der Waals surface area contributed by atoms with Crippen LogP contribution in [-0.4, -0.2) is 55.5 Å². The van der Waals surface area contributed by atoms with Crippen molar-refractivity contribution in [2.45, 2.75) is 115 Å². The van der Waals surface area contributed by atoms with Crippen molar-refractivity contribution in [3.63, 3.8) is 0 Å². The van der Waals surface area contributed by atoms with Crippen LogP contribution in [0, 0.1) is 11.8 Å². The number of fused-ring (bicyclic) bond motifs is 5. The number of para-hydroxylation sites is 2. The molecule has 0 radical (unpaired) electrons. The zero-order valence-electron chi connectivity index (χ0n) is 22.6. The lowest BCUT2D eigenvalue weighted by Gasteiger charge is -2.48. The number of carboxylic acids is 1. The van der Waals surface area contributed by atoms with E-state index in [4.69, 9.17) is 4.84 Å². The highest BCUT2D eigenvalue weighted by atomic mass is 16.6. The zero-order chi connectivity index (χ0) is 26.4. The molecule has 1 aromatic carbocycles. The number of oxime groups is 1. The number of nitrogens with zero attached hydrogens (tertiary/aromatic N) is 4. The number of benzene rings is 1. The van der Waals surface area contributed by atoms with Gasteiger partial charge in [-0.15, -0.1) is 0 Å². The highest BCUT2D eigenvalue weighted by Gasteiger charge is 2.47. The lowest BCUT2D eigenvalue weighted by molar-refractivity contribution is -0.129. The molecule has 2 aliphatic carbocycles. The average molecular weight is 521 g/mol. The summed E-state index contributed by atoms with van der Waals surface area (Å²) in [5, 5.41) is 13.7. The van der Waals surface area contributed by atoms with Gasteiger partial charge in [0.15, 0.2) is 5.69 Å². The molecule has 4 bridgehead atoms. The van der Waals surface area contributed by atoms with E-state index >= 15 is 0 Å². The topological polar surface area (TPSA) is 97.0 Å². The molecule has 204 valence electrons. The second-order valence-electron chi connectivity index (χ2n) is 12.4. The Labute approximate surface area is 224 Å². The summed E-state index contributed by atoms with van der Waals surface area (Å²) in [6, 6.07) is 9.18. The number of piperidine rings is 1. The Morgan fingerprint density at radius 3 is 2.24 bits per heavy atom. The predicted octanol–water partition coefficient (Wildman–Crippen LogP) is 5.14. The van der Waals surface area contributed by atoms with Crippen molar-refractivity contribution in [1.82, 2.24) is 14.5 Å². The van der Waals surface area contributed by atoms with Crippen LogP contribution >= 0.6 is 0 Å². The monoisotopic (exact) mass is 520 g/mol. The first-order chi connectivity index (χ1) is 18.4. The zero-order valence-corrected chi connectivity index (χ0v) is 22.6. The molecule has 0 spiro atoms. The average Bonchev–Trinajstić information content (AvgIpc) is 3.04. The van der Waals surface area contributed by atoms with Gasteiger partial charge in [-0.05, 0) is 82.8 Å². The van der Waals surface area contributed by atoms with Crippen molar-refractivity contribution in [2.75, 3.05) is 0 Å². The third-order valence-corrected chi connectivity index (χ3v) is 9.48. The summed E-state index contributed by atoms with van der Waals surface area (Å²) in [4.78, 5) is 38.7. The highest BCUT2D eigenvalue weighted by Crippen LogP contribution is 2.47. The van der Waals surface area contributed by atoms with E-state index in [2.05, 4.69) is 15.0 Å². The second kappa shape index (κ2) is 10.4. The molecule has 2 saturated carbocycles. The first-order valence-electron chi connectivity index (χ1n) is 14.6. The van der Waals surface area contributed by atoms with Crippen LogP contribution in [0.5, 0.6) is 0 Å². The van der Waals surface area contributed by atoms with Crippen molar-refractivity contribution >= 4 is 22.7 Å². The maximum absolute atomic E-state index is 13.9. The molecular formula is C30H40N4O4. The van der Waals surface area contributed by atoms with E-state index in [1.165, 1.54) is 57.8 Å². The van der Waals surface area contributed by atoms with Gasteiger partial charge in [0.25, 0.3) is 5.56 Å². The first-order valence-corrected chi connectivity index (χ1v) is 14.6. The van der Waals surface area contributed by atoms with Gasteiger partial charge in [-0.2, -0.15) is 0 Å². The van der Waals surface area contributed by atoms with Gasteiger partial charge in [-0.3, -0.25) is 9.69 Å². The minimum atomic E-state index is -1.31. The number of carboxylic acid groups (broad SMARTS) is 1. The summed E-state index contributed by atoms with van der Waals surface area (Å²) in [7, 11) is 0. The molecule has 2 aromatic rings. The Balaban J connectivity index is 1.34. The predicted molar refractivity (Wildman–Crippen MR) is 146 cm³/mol. The van der Waals surface area contributed by atoms with E-state index in [0.717, 1.165) is 30.2 Å². The largest absolute Gasteiger partial charge is 0.476 e. The Hall–Kier alpha value is -2.74. The van der Waals surface area contributed by atoms with Gasteiger partial charge >= 0.3 is 5.97 Å². The maximum atomic E-state index is 13.9. The van der Waals surface area contributed by atoms with Gasteiger partial charge in [-0.25, -0.2) is 9.78 Å². The Morgan fingerprint density at radius 1 is 0.947 bits per heavy atom. The smallest absolute Gasteiger partial charge is 0.360 e. The van der Waals surface area contributed by atoms with Crippen molar-refractivity contribution in [3.8, 4) is 0 Å². The Bertz CT molecular complexity index is 1260. The highest BCUT2D eigenvalue weighted by molar-refractivity contribution is 6.41. The molecule has 6 rings (SSSR count). The molecule has 2 aliphatic heterocycles. The fraction of sp³-hybridized carbons (Fsp3) is 0.667. The van der Waals surface area contributed by atoms with Crippen LogP contribution in [0.1, 0.15) is 96.2 Å².